The average molecular weight is 1100 g/mol. The molecule has 83 heavy (non-hydrogen) atoms. The summed E-state index contributed by atoms with van der Waals surface area (Å²) >= 11 is 0. The van der Waals surface area contributed by atoms with E-state index in [1.54, 1.807) is 0 Å². The van der Waals surface area contributed by atoms with Crippen molar-refractivity contribution < 1.29 is 4.74 Å². The molecule has 392 valence electrons. The first-order valence-corrected chi connectivity index (χ1v) is 33.0. The largest absolute Gasteiger partial charge is 0.457 e. The Hall–Kier alpha value is -9.80. The molecule has 0 amide bonds. The van der Waals surface area contributed by atoms with Crippen molar-refractivity contribution in [3.8, 4) is 61.8 Å². The first-order chi connectivity index (χ1) is 40.8. The van der Waals surface area contributed by atoms with E-state index < -0.39 is 16.1 Å². The van der Waals surface area contributed by atoms with Gasteiger partial charge in [-0.3, -0.25) is 4.57 Å². The molecule has 0 radical (unpaired) electrons. The Labute approximate surface area is 484 Å². The minimum atomic E-state index is -2.95. The summed E-state index contributed by atoms with van der Waals surface area (Å²) in [7, 11) is -5.90. The van der Waals surface area contributed by atoms with Crippen molar-refractivity contribution in [3.05, 3.63) is 267 Å². The summed E-state index contributed by atoms with van der Waals surface area (Å²) in [6.45, 7) is 7.36. The lowest BCUT2D eigenvalue weighted by molar-refractivity contribution is 0.483. The first-order valence-electron chi connectivity index (χ1n) is 29.0. The van der Waals surface area contributed by atoms with Crippen LogP contribution >= 0.6 is 0 Å². The quantitative estimate of drug-likeness (QED) is 0.161. The van der Waals surface area contributed by atoms with Crippen LogP contribution in [0.4, 0.5) is 22.7 Å². The zero-order valence-electron chi connectivity index (χ0n) is 46.2. The number of hydrogen-bond acceptors (Lipinski definition) is 4. The number of rotatable bonds is 5. The third kappa shape index (κ3) is 6.12. The van der Waals surface area contributed by atoms with Gasteiger partial charge < -0.3 is 14.5 Å². The van der Waals surface area contributed by atoms with Crippen molar-refractivity contribution in [2.24, 2.45) is 0 Å². The van der Waals surface area contributed by atoms with Crippen LogP contribution in [-0.4, -0.2) is 32.4 Å². The number of fused-ring (bicyclic) bond motifs is 24. The van der Waals surface area contributed by atoms with Gasteiger partial charge in [0, 0.05) is 45.9 Å². The fraction of sp³-hybridized carbons (Fsp3) is 0.0658. The molecule has 0 saturated carbocycles. The van der Waals surface area contributed by atoms with E-state index in [0.29, 0.717) is 6.67 Å². The number of anilines is 4. The second kappa shape index (κ2) is 16.9. The zero-order chi connectivity index (χ0) is 54.9. The molecule has 7 heteroatoms. The molecule has 0 atom stereocenters. The number of pyridine rings is 1. The molecule has 0 aliphatic carbocycles. The predicted molar refractivity (Wildman–Crippen MR) is 349 cm³/mol. The maximum absolute atomic E-state index is 7.01. The molecular weight excluding hydrogens is 1040 g/mol. The van der Waals surface area contributed by atoms with Crippen LogP contribution in [0.25, 0.3) is 72.1 Å². The maximum Gasteiger partial charge on any atom is 0.182 e. The second-order valence-corrected chi connectivity index (χ2v) is 31.4. The summed E-state index contributed by atoms with van der Waals surface area (Å²) in [5.74, 6) is 2.44. The third-order valence-corrected chi connectivity index (χ3v) is 29.0. The number of nitrogens with zero attached hydrogens (tertiary/aromatic N) is 4. The highest BCUT2D eigenvalue weighted by Crippen LogP contribution is 2.53. The molecule has 0 N–H and O–H groups in total. The number of benzene rings is 11. The van der Waals surface area contributed by atoms with E-state index >= 15 is 0 Å². The van der Waals surface area contributed by atoms with E-state index in [2.05, 4.69) is 290 Å². The number of aromatic nitrogens is 2. The summed E-state index contributed by atoms with van der Waals surface area (Å²) in [5.41, 5.74) is 19.0. The van der Waals surface area contributed by atoms with E-state index in [-0.39, 0.29) is 5.41 Å². The van der Waals surface area contributed by atoms with Crippen molar-refractivity contribution in [2.75, 3.05) is 16.5 Å². The van der Waals surface area contributed by atoms with Gasteiger partial charge in [0.2, 0.25) is 0 Å². The Morgan fingerprint density at radius 1 is 0.386 bits per heavy atom. The number of ether oxygens (including phenoxy) is 1. The fourth-order valence-corrected chi connectivity index (χ4v) is 27.2. The molecule has 2 aromatic heterocycles. The van der Waals surface area contributed by atoms with Gasteiger partial charge in [0.1, 0.15) is 24.0 Å². The van der Waals surface area contributed by atoms with Crippen LogP contribution in [0.3, 0.4) is 0 Å². The molecule has 7 heterocycles. The topological polar surface area (TPSA) is 33.5 Å². The standard InChI is InChI=1S/C76H54N4OSi2/c1-76(2,3)48-41-42-77-72(43-48)80-60-30-11-4-23-52(60)53-40-39-51(45-63(53)80)81-50-22-20-21-49(44-50)78-47-79(62-32-13-12-31-61(62)78)75-73-58-28-9-18-37-68(58)82(64-33-14-5-24-54(64)55-25-6-15-34-65(55)82)70(73)46-71-74(75)59-29-10-19-38-69(59)83(71)66-35-16-7-26-56(66)57-27-8-17-36-67(57)83/h4-46H,47H2,1-3H3. The Morgan fingerprint density at radius 3 is 1.42 bits per heavy atom. The Morgan fingerprint density at radius 2 is 0.855 bits per heavy atom. The third-order valence-electron chi connectivity index (χ3n) is 19.1. The Bertz CT molecular complexity index is 4710. The Balaban J connectivity index is 0.845. The van der Waals surface area contributed by atoms with E-state index in [4.69, 9.17) is 9.72 Å². The summed E-state index contributed by atoms with van der Waals surface area (Å²) in [6, 6.07) is 96.7. The van der Waals surface area contributed by atoms with Gasteiger partial charge in [-0.1, -0.05) is 209 Å². The van der Waals surface area contributed by atoms with Gasteiger partial charge in [0.05, 0.1) is 28.1 Å². The highest BCUT2D eigenvalue weighted by atomic mass is 28.3. The van der Waals surface area contributed by atoms with Gasteiger partial charge in [0.25, 0.3) is 0 Å². The highest BCUT2D eigenvalue weighted by Gasteiger charge is 2.60. The molecule has 0 bridgehead atoms. The normalized spacial score (nSPS) is 14.8. The molecule has 13 aromatic rings. The Kier molecular flexibility index (Phi) is 9.55. The maximum atomic E-state index is 7.01. The van der Waals surface area contributed by atoms with Crippen LogP contribution in [0.2, 0.25) is 0 Å². The number of hydrogen-bond donors (Lipinski definition) is 0. The molecule has 2 spiro atoms. The molecule has 0 saturated heterocycles. The molecule has 5 aliphatic rings. The van der Waals surface area contributed by atoms with Crippen LogP contribution in [0, 0.1) is 0 Å². The molecule has 18 rings (SSSR count). The lowest BCUT2D eigenvalue weighted by Crippen LogP contribution is -2.74. The van der Waals surface area contributed by atoms with Crippen LogP contribution in [0.5, 0.6) is 11.5 Å². The lowest BCUT2D eigenvalue weighted by Gasteiger charge is -2.33. The summed E-state index contributed by atoms with van der Waals surface area (Å²) in [6.07, 6.45) is 1.94. The van der Waals surface area contributed by atoms with Crippen LogP contribution in [0.1, 0.15) is 26.3 Å². The van der Waals surface area contributed by atoms with Gasteiger partial charge in [-0.15, -0.1) is 0 Å². The average Bonchev–Trinajstić information content (AvgIpc) is 1.61. The van der Waals surface area contributed by atoms with Crippen LogP contribution in [-0.2, 0) is 5.41 Å². The minimum absolute atomic E-state index is 0.0277. The van der Waals surface area contributed by atoms with Crippen LogP contribution in [0.15, 0.2) is 261 Å². The summed E-state index contributed by atoms with van der Waals surface area (Å²) in [5, 5.41) is 14.3. The SMILES string of the molecule is CC(C)(C)c1ccnc(-n2c3ccccc3c3ccc(Oc4cccc(N5CN(c6c7c(cc8c6-c6ccccc6[Si]86c8ccccc8-c8ccccc86)[Si]6(c8ccccc8-c8ccccc86)c6ccccc6-7)c6ccccc65)c4)cc32)c1. The van der Waals surface area contributed by atoms with Crippen molar-refractivity contribution in [1.82, 2.24) is 9.55 Å². The fourth-order valence-electron chi connectivity index (χ4n) is 15.8. The molecular formula is C76H54N4OSi2. The molecule has 11 aromatic carbocycles. The van der Waals surface area contributed by atoms with Gasteiger partial charge in [0.15, 0.2) is 16.1 Å². The number of para-hydroxylation sites is 3. The first kappa shape index (κ1) is 46.9. The van der Waals surface area contributed by atoms with Gasteiger partial charge in [-0.05, 0) is 140 Å². The van der Waals surface area contributed by atoms with Crippen molar-refractivity contribution in [3.63, 3.8) is 0 Å². The monoisotopic (exact) mass is 1090 g/mol. The molecule has 5 nitrogen and oxygen atoms in total. The zero-order valence-corrected chi connectivity index (χ0v) is 48.2. The summed E-state index contributed by atoms with van der Waals surface area (Å²) < 4.78 is 9.29. The summed E-state index contributed by atoms with van der Waals surface area (Å²) in [4.78, 5) is 10.2. The van der Waals surface area contributed by atoms with Gasteiger partial charge >= 0.3 is 0 Å². The van der Waals surface area contributed by atoms with E-state index in [1.807, 2.05) is 6.20 Å². The van der Waals surface area contributed by atoms with E-state index in [1.165, 1.54) is 108 Å². The smallest absolute Gasteiger partial charge is 0.182 e. The lowest BCUT2D eigenvalue weighted by atomic mass is 9.88. The second-order valence-electron chi connectivity index (χ2n) is 24.1. The van der Waals surface area contributed by atoms with E-state index in [9.17, 15) is 0 Å². The van der Waals surface area contributed by atoms with Crippen molar-refractivity contribution in [1.29, 1.82) is 0 Å². The minimum Gasteiger partial charge on any atom is -0.457 e. The molecule has 0 unspecified atom stereocenters. The molecule has 0 fully saturated rings. The van der Waals surface area contributed by atoms with Gasteiger partial charge in [-0.2, -0.15) is 0 Å². The van der Waals surface area contributed by atoms with E-state index in [0.717, 1.165) is 45.1 Å². The van der Waals surface area contributed by atoms with Crippen molar-refractivity contribution >= 4 is 102 Å². The van der Waals surface area contributed by atoms with Crippen molar-refractivity contribution in [2.45, 2.75) is 26.2 Å². The predicted octanol–water partition coefficient (Wildman–Crippen LogP) is 13.2. The molecule has 5 aliphatic heterocycles. The highest BCUT2D eigenvalue weighted by molar-refractivity contribution is 7.27. The van der Waals surface area contributed by atoms with Gasteiger partial charge in [-0.25, -0.2) is 4.98 Å². The van der Waals surface area contributed by atoms with Crippen LogP contribution < -0.4 is 56.0 Å².